The van der Waals surface area contributed by atoms with Gasteiger partial charge >= 0.3 is 0 Å². The Labute approximate surface area is 140 Å². The zero-order valence-corrected chi connectivity index (χ0v) is 14.0. The van der Waals surface area contributed by atoms with Crippen molar-refractivity contribution in [3.05, 3.63) is 29.8 Å². The summed E-state index contributed by atoms with van der Waals surface area (Å²) < 4.78 is 0. The maximum Gasteiger partial charge on any atom is 0.255 e. The average Bonchev–Trinajstić information content (AvgIpc) is 3.16. The molecule has 5 nitrogen and oxygen atoms in total. The van der Waals surface area contributed by atoms with Gasteiger partial charge in [-0.1, -0.05) is 23.9 Å². The quantitative estimate of drug-likeness (QED) is 0.852. The van der Waals surface area contributed by atoms with E-state index in [0.29, 0.717) is 24.2 Å². The lowest BCUT2D eigenvalue weighted by molar-refractivity contribution is -0.117. The van der Waals surface area contributed by atoms with Gasteiger partial charge in [-0.2, -0.15) is 0 Å². The highest BCUT2D eigenvalue weighted by molar-refractivity contribution is 8.14. The Morgan fingerprint density at radius 1 is 1.17 bits per heavy atom. The van der Waals surface area contributed by atoms with Crippen LogP contribution in [-0.4, -0.2) is 46.7 Å². The van der Waals surface area contributed by atoms with Gasteiger partial charge < -0.3 is 9.80 Å². The highest BCUT2D eigenvalue weighted by Crippen LogP contribution is 2.31. The lowest BCUT2D eigenvalue weighted by Gasteiger charge is -2.22. The molecule has 0 N–H and O–H groups in total. The molecule has 3 rings (SSSR count). The van der Waals surface area contributed by atoms with Crippen LogP contribution < -0.4 is 4.90 Å². The smallest absolute Gasteiger partial charge is 0.255 e. The lowest BCUT2D eigenvalue weighted by Crippen LogP contribution is -2.32. The maximum absolute atomic E-state index is 12.7. The van der Waals surface area contributed by atoms with Crippen LogP contribution in [-0.2, 0) is 9.59 Å². The molecule has 2 heterocycles. The largest absolute Gasteiger partial charge is 0.339 e. The van der Waals surface area contributed by atoms with Crippen molar-refractivity contribution >= 4 is 34.4 Å². The highest BCUT2D eigenvalue weighted by atomic mass is 32.2. The number of para-hydroxylation sites is 1. The van der Waals surface area contributed by atoms with Gasteiger partial charge in [0.1, 0.15) is 0 Å². The molecule has 122 valence electrons. The number of amides is 2. The number of hydrogen-bond acceptors (Lipinski definition) is 4. The SMILES string of the molecule is CC(=O)SC1CC(=O)N(c2ccccc2C(=O)N2CCCC2)C1. The van der Waals surface area contributed by atoms with E-state index >= 15 is 0 Å². The van der Waals surface area contributed by atoms with Crippen molar-refractivity contribution in [3.8, 4) is 0 Å². The Kier molecular flexibility index (Phi) is 4.71. The molecule has 6 heteroatoms. The van der Waals surface area contributed by atoms with Gasteiger partial charge in [0.2, 0.25) is 5.91 Å². The number of likely N-dealkylation sites (tertiary alicyclic amines) is 1. The third kappa shape index (κ3) is 3.42. The Morgan fingerprint density at radius 2 is 1.87 bits per heavy atom. The summed E-state index contributed by atoms with van der Waals surface area (Å²) in [4.78, 5) is 39.8. The molecular weight excluding hydrogens is 312 g/mol. The van der Waals surface area contributed by atoms with Gasteiger partial charge in [-0.05, 0) is 25.0 Å². The number of hydrogen-bond donors (Lipinski definition) is 0. The van der Waals surface area contributed by atoms with Gasteiger partial charge in [0.15, 0.2) is 5.12 Å². The van der Waals surface area contributed by atoms with Crippen molar-refractivity contribution in [2.75, 3.05) is 24.5 Å². The molecule has 0 radical (unpaired) electrons. The van der Waals surface area contributed by atoms with E-state index in [4.69, 9.17) is 0 Å². The molecular formula is C17H20N2O3S. The standard InChI is InChI=1S/C17H20N2O3S/c1-12(20)23-13-10-16(21)19(11-13)15-7-3-2-6-14(15)17(22)18-8-4-5-9-18/h2-3,6-7,13H,4-5,8-11H2,1H3. The van der Waals surface area contributed by atoms with Crippen LogP contribution in [0.5, 0.6) is 0 Å². The first kappa shape index (κ1) is 16.1. The number of benzene rings is 1. The molecule has 2 fully saturated rings. The zero-order chi connectivity index (χ0) is 16.4. The molecule has 23 heavy (non-hydrogen) atoms. The van der Waals surface area contributed by atoms with Gasteiger partial charge in [0, 0.05) is 38.2 Å². The van der Waals surface area contributed by atoms with Crippen LogP contribution in [0.2, 0.25) is 0 Å². The van der Waals surface area contributed by atoms with Crippen LogP contribution in [0.3, 0.4) is 0 Å². The molecule has 2 aliphatic heterocycles. The van der Waals surface area contributed by atoms with E-state index < -0.39 is 0 Å². The van der Waals surface area contributed by atoms with Crippen molar-refractivity contribution in [3.63, 3.8) is 0 Å². The Morgan fingerprint density at radius 3 is 2.57 bits per heavy atom. The van der Waals surface area contributed by atoms with Crippen molar-refractivity contribution in [1.29, 1.82) is 0 Å². The summed E-state index contributed by atoms with van der Waals surface area (Å²) in [5.74, 6) is -0.0287. The van der Waals surface area contributed by atoms with E-state index in [9.17, 15) is 14.4 Å². The van der Waals surface area contributed by atoms with Gasteiger partial charge in [-0.15, -0.1) is 0 Å². The maximum atomic E-state index is 12.7. The molecule has 2 saturated heterocycles. The summed E-state index contributed by atoms with van der Waals surface area (Å²) in [6.45, 7) is 3.56. The zero-order valence-electron chi connectivity index (χ0n) is 13.2. The average molecular weight is 332 g/mol. The normalized spacial score (nSPS) is 21.1. The first-order valence-electron chi connectivity index (χ1n) is 7.92. The van der Waals surface area contributed by atoms with Crippen LogP contribution in [0.25, 0.3) is 0 Å². The predicted octanol–water partition coefficient (Wildman–Crippen LogP) is 2.31. The van der Waals surface area contributed by atoms with Crippen molar-refractivity contribution in [1.82, 2.24) is 4.90 Å². The number of thioether (sulfide) groups is 1. The summed E-state index contributed by atoms with van der Waals surface area (Å²) in [7, 11) is 0. The molecule has 0 saturated carbocycles. The monoisotopic (exact) mass is 332 g/mol. The second-order valence-corrected chi connectivity index (χ2v) is 7.43. The third-order valence-electron chi connectivity index (χ3n) is 4.24. The fraction of sp³-hybridized carbons (Fsp3) is 0.471. The third-order valence-corrected chi connectivity index (χ3v) is 5.22. The minimum Gasteiger partial charge on any atom is -0.339 e. The predicted molar refractivity (Wildman–Crippen MR) is 90.6 cm³/mol. The Bertz CT molecular complexity index is 640. The molecule has 0 spiro atoms. The molecule has 2 aliphatic rings. The Balaban J connectivity index is 1.84. The fourth-order valence-electron chi connectivity index (χ4n) is 3.20. The van der Waals surface area contributed by atoms with Crippen molar-refractivity contribution < 1.29 is 14.4 Å². The van der Waals surface area contributed by atoms with Gasteiger partial charge in [-0.3, -0.25) is 14.4 Å². The van der Waals surface area contributed by atoms with E-state index in [-0.39, 0.29) is 22.2 Å². The van der Waals surface area contributed by atoms with Gasteiger partial charge in [0.25, 0.3) is 5.91 Å². The van der Waals surface area contributed by atoms with Crippen LogP contribution in [0.1, 0.15) is 36.5 Å². The molecule has 2 amide bonds. The summed E-state index contributed by atoms with van der Waals surface area (Å²) in [6.07, 6.45) is 2.41. The van der Waals surface area contributed by atoms with E-state index in [1.807, 2.05) is 23.1 Å². The molecule has 1 unspecified atom stereocenters. The number of carbonyl (C=O) groups excluding carboxylic acids is 3. The van der Waals surface area contributed by atoms with E-state index in [1.165, 1.54) is 18.7 Å². The van der Waals surface area contributed by atoms with Crippen molar-refractivity contribution in [2.45, 2.75) is 31.4 Å². The molecule has 1 aromatic rings. The number of nitrogens with zero attached hydrogens (tertiary/aromatic N) is 2. The van der Waals surface area contributed by atoms with E-state index in [1.54, 1.807) is 11.0 Å². The van der Waals surface area contributed by atoms with Crippen LogP contribution in [0.15, 0.2) is 24.3 Å². The van der Waals surface area contributed by atoms with Crippen LogP contribution in [0.4, 0.5) is 5.69 Å². The van der Waals surface area contributed by atoms with E-state index in [2.05, 4.69) is 0 Å². The second kappa shape index (κ2) is 6.74. The fourth-order valence-corrected chi connectivity index (χ4v) is 4.12. The Hall–Kier alpha value is -1.82. The minimum absolute atomic E-state index is 0.00595. The lowest BCUT2D eigenvalue weighted by atomic mass is 10.1. The molecule has 0 bridgehead atoms. The second-order valence-electron chi connectivity index (χ2n) is 5.96. The molecule has 1 aromatic carbocycles. The topological polar surface area (TPSA) is 57.7 Å². The summed E-state index contributed by atoms with van der Waals surface area (Å²) >= 11 is 1.21. The minimum atomic E-state index is -0.0325. The van der Waals surface area contributed by atoms with Gasteiger partial charge in [-0.25, -0.2) is 0 Å². The number of carbonyl (C=O) groups is 3. The van der Waals surface area contributed by atoms with E-state index in [0.717, 1.165) is 25.9 Å². The van der Waals surface area contributed by atoms with Crippen LogP contribution in [0, 0.1) is 0 Å². The number of rotatable bonds is 3. The van der Waals surface area contributed by atoms with Gasteiger partial charge in [0.05, 0.1) is 11.3 Å². The summed E-state index contributed by atoms with van der Waals surface area (Å²) in [5.41, 5.74) is 1.25. The first-order chi connectivity index (χ1) is 11.1. The van der Waals surface area contributed by atoms with Crippen LogP contribution >= 0.6 is 11.8 Å². The molecule has 0 aromatic heterocycles. The first-order valence-corrected chi connectivity index (χ1v) is 8.80. The van der Waals surface area contributed by atoms with Crippen molar-refractivity contribution in [2.24, 2.45) is 0 Å². The highest BCUT2D eigenvalue weighted by Gasteiger charge is 2.34. The summed E-state index contributed by atoms with van der Waals surface area (Å²) in [6, 6.07) is 7.28. The molecule has 0 aliphatic carbocycles. The molecule has 1 atom stereocenters. The number of anilines is 1. The summed E-state index contributed by atoms with van der Waals surface area (Å²) in [5, 5.41) is -0.0129.